The molecule has 0 saturated carbocycles. The van der Waals surface area contributed by atoms with Crippen LogP contribution in [0.3, 0.4) is 0 Å². The van der Waals surface area contributed by atoms with Gasteiger partial charge in [-0.3, -0.25) is 4.58 Å². The first-order chi connectivity index (χ1) is 13.1. The second-order valence-electron chi connectivity index (χ2n) is 7.04. The van der Waals surface area contributed by atoms with E-state index in [-0.39, 0.29) is 5.75 Å². The zero-order valence-electron chi connectivity index (χ0n) is 15.0. The van der Waals surface area contributed by atoms with Gasteiger partial charge in [-0.15, -0.1) is 0 Å². The fraction of sp³-hybridized carbons (Fsp3) is 0.381. The molecule has 1 atom stereocenters. The highest BCUT2D eigenvalue weighted by molar-refractivity contribution is 5.97. The lowest BCUT2D eigenvalue weighted by Crippen LogP contribution is -2.47. The number of halogens is 2. The fourth-order valence-corrected chi connectivity index (χ4v) is 4.09. The van der Waals surface area contributed by atoms with Crippen molar-refractivity contribution in [3.05, 3.63) is 60.2 Å². The van der Waals surface area contributed by atoms with Gasteiger partial charge in [0.05, 0.1) is 6.54 Å². The van der Waals surface area contributed by atoms with Crippen LogP contribution in [0.5, 0.6) is 5.75 Å². The molecule has 2 aliphatic heterocycles. The Labute approximate surface area is 157 Å². The van der Waals surface area contributed by atoms with Gasteiger partial charge in [0.15, 0.2) is 6.54 Å². The summed E-state index contributed by atoms with van der Waals surface area (Å²) in [7, 11) is 0. The average Bonchev–Trinajstić information content (AvgIpc) is 2.79. The molecular weight excluding hydrogens is 350 g/mol. The molecule has 2 aromatic carbocycles. The lowest BCUT2D eigenvalue weighted by atomic mass is 10.00. The van der Waals surface area contributed by atoms with E-state index in [0.717, 1.165) is 42.9 Å². The molecule has 2 heterocycles. The first kappa shape index (κ1) is 17.9. The minimum Gasteiger partial charge on any atom is -0.435 e. The topological polar surface area (TPSA) is 35.7 Å². The summed E-state index contributed by atoms with van der Waals surface area (Å²) in [6.45, 7) is -1.45. The van der Waals surface area contributed by atoms with Crippen LogP contribution < -0.4 is 9.64 Å². The van der Waals surface area contributed by atoms with Crippen molar-refractivity contribution in [2.45, 2.75) is 38.0 Å². The van der Waals surface area contributed by atoms with Crippen LogP contribution in [0.15, 0.2) is 54.6 Å². The third kappa shape index (κ3) is 3.41. The molecule has 0 bridgehead atoms. The number of nitrogens with zero attached hydrogens (tertiary/aromatic N) is 2. The molecule has 2 aliphatic rings. The van der Waals surface area contributed by atoms with E-state index in [1.165, 1.54) is 18.6 Å². The van der Waals surface area contributed by atoms with E-state index in [2.05, 4.69) is 9.31 Å². The summed E-state index contributed by atoms with van der Waals surface area (Å²) < 4.78 is 31.6. The minimum atomic E-state index is -2.85. The van der Waals surface area contributed by atoms with E-state index < -0.39 is 12.3 Å². The molecule has 6 heteroatoms. The second-order valence-corrected chi connectivity index (χ2v) is 7.04. The van der Waals surface area contributed by atoms with Gasteiger partial charge in [0, 0.05) is 12.0 Å². The Morgan fingerprint density at radius 3 is 2.44 bits per heavy atom. The monoisotopic (exact) mass is 373 g/mol. The molecule has 0 radical (unpaired) electrons. The number of hydrogen-bond acceptors (Lipinski definition) is 3. The molecule has 0 amide bonds. The SMILES string of the molecule is OC1(c2ccccc2)C[N+]2=C(CCCCC2)N1c1ccc(OC(F)F)cc1. The number of alkyl halides is 2. The Morgan fingerprint density at radius 1 is 1.00 bits per heavy atom. The van der Waals surface area contributed by atoms with Crippen molar-refractivity contribution < 1.29 is 23.2 Å². The molecule has 27 heavy (non-hydrogen) atoms. The van der Waals surface area contributed by atoms with Crippen molar-refractivity contribution >= 4 is 11.5 Å². The molecule has 0 fully saturated rings. The van der Waals surface area contributed by atoms with E-state index in [9.17, 15) is 13.9 Å². The smallest absolute Gasteiger partial charge is 0.387 e. The summed E-state index contributed by atoms with van der Waals surface area (Å²) in [6, 6.07) is 16.1. The van der Waals surface area contributed by atoms with Gasteiger partial charge in [-0.2, -0.15) is 13.7 Å². The van der Waals surface area contributed by atoms with E-state index in [1.807, 2.05) is 35.2 Å². The molecule has 1 unspecified atom stereocenters. The number of hydrogen-bond donors (Lipinski definition) is 1. The quantitative estimate of drug-likeness (QED) is 0.825. The highest BCUT2D eigenvalue weighted by atomic mass is 19.3. The molecular formula is C21H23F2N2O2+. The van der Waals surface area contributed by atoms with Crippen LogP contribution in [-0.2, 0) is 5.72 Å². The highest BCUT2D eigenvalue weighted by Crippen LogP contribution is 2.38. The maximum Gasteiger partial charge on any atom is 0.387 e. The fourth-order valence-electron chi connectivity index (χ4n) is 4.09. The van der Waals surface area contributed by atoms with Gasteiger partial charge in [-0.1, -0.05) is 30.3 Å². The number of amidine groups is 1. The summed E-state index contributed by atoms with van der Waals surface area (Å²) in [6.07, 6.45) is 4.21. The number of benzene rings is 2. The molecule has 0 saturated heterocycles. The highest BCUT2D eigenvalue weighted by Gasteiger charge is 2.53. The number of ether oxygens (including phenoxy) is 1. The second kappa shape index (κ2) is 7.27. The maximum absolute atomic E-state index is 12.4. The third-order valence-corrected chi connectivity index (χ3v) is 5.29. The van der Waals surface area contributed by atoms with Crippen LogP contribution in [0.4, 0.5) is 14.5 Å². The Hall–Kier alpha value is -2.47. The molecule has 142 valence electrons. The zero-order chi connectivity index (χ0) is 18.9. The zero-order valence-corrected chi connectivity index (χ0v) is 15.0. The Kier molecular flexibility index (Phi) is 4.83. The first-order valence-electron chi connectivity index (χ1n) is 9.32. The van der Waals surface area contributed by atoms with Gasteiger partial charge in [-0.25, -0.2) is 0 Å². The first-order valence-corrected chi connectivity index (χ1v) is 9.32. The van der Waals surface area contributed by atoms with E-state index >= 15 is 0 Å². The van der Waals surface area contributed by atoms with Crippen LogP contribution in [-0.4, -0.2) is 35.2 Å². The molecule has 4 rings (SSSR count). The van der Waals surface area contributed by atoms with Crippen LogP contribution in [0, 0.1) is 0 Å². The van der Waals surface area contributed by atoms with Gasteiger partial charge in [0.25, 0.3) is 11.6 Å². The molecule has 0 aliphatic carbocycles. The molecule has 1 N–H and O–H groups in total. The lowest BCUT2D eigenvalue weighted by Gasteiger charge is -2.29. The largest absolute Gasteiger partial charge is 0.435 e. The molecule has 0 spiro atoms. The van der Waals surface area contributed by atoms with Gasteiger partial charge in [0.1, 0.15) is 11.4 Å². The van der Waals surface area contributed by atoms with Crippen molar-refractivity contribution in [3.63, 3.8) is 0 Å². The van der Waals surface area contributed by atoms with E-state index in [4.69, 9.17) is 0 Å². The Balaban J connectivity index is 1.75. The van der Waals surface area contributed by atoms with Crippen molar-refractivity contribution in [1.29, 1.82) is 0 Å². The van der Waals surface area contributed by atoms with Gasteiger partial charge < -0.3 is 9.84 Å². The standard InChI is InChI=1S/C21H23F2N2O2/c22-20(23)27-18-12-10-17(11-13-18)25-19-9-5-2-6-14-24(19)15-21(25,26)16-7-3-1-4-8-16/h1,3-4,7-8,10-13,20,26H,2,5-6,9,14-15H2/q+1. The summed E-state index contributed by atoms with van der Waals surface area (Å²) in [5.41, 5.74) is 0.389. The molecule has 0 aromatic heterocycles. The number of anilines is 1. The summed E-state index contributed by atoms with van der Waals surface area (Å²) in [4.78, 5) is 1.96. The maximum atomic E-state index is 12.4. The lowest BCUT2D eigenvalue weighted by molar-refractivity contribution is -0.534. The summed E-state index contributed by atoms with van der Waals surface area (Å²) >= 11 is 0. The van der Waals surface area contributed by atoms with Gasteiger partial charge in [-0.05, 0) is 43.5 Å². The van der Waals surface area contributed by atoms with Gasteiger partial charge in [0.2, 0.25) is 0 Å². The Morgan fingerprint density at radius 2 is 1.74 bits per heavy atom. The minimum absolute atomic E-state index is 0.110. The van der Waals surface area contributed by atoms with Crippen molar-refractivity contribution in [2.75, 3.05) is 18.0 Å². The van der Waals surface area contributed by atoms with Crippen LogP contribution in [0.2, 0.25) is 0 Å². The number of rotatable bonds is 4. The van der Waals surface area contributed by atoms with Crippen LogP contribution in [0.25, 0.3) is 0 Å². The van der Waals surface area contributed by atoms with Crippen molar-refractivity contribution in [3.8, 4) is 5.75 Å². The van der Waals surface area contributed by atoms with Crippen LogP contribution in [0.1, 0.15) is 31.2 Å². The number of aliphatic hydroxyl groups is 1. The van der Waals surface area contributed by atoms with E-state index in [0.29, 0.717) is 6.54 Å². The van der Waals surface area contributed by atoms with Crippen molar-refractivity contribution in [1.82, 2.24) is 0 Å². The Bertz CT molecular complexity index is 824. The average molecular weight is 373 g/mol. The van der Waals surface area contributed by atoms with E-state index in [1.54, 1.807) is 12.1 Å². The molecule has 4 nitrogen and oxygen atoms in total. The summed E-state index contributed by atoms with van der Waals surface area (Å²) in [5.74, 6) is 1.19. The third-order valence-electron chi connectivity index (χ3n) is 5.29. The molecule has 2 aromatic rings. The van der Waals surface area contributed by atoms with Crippen molar-refractivity contribution in [2.24, 2.45) is 0 Å². The predicted octanol–water partition coefficient (Wildman–Crippen LogP) is 3.94. The predicted molar refractivity (Wildman–Crippen MR) is 99.4 cm³/mol. The van der Waals surface area contributed by atoms with Crippen LogP contribution >= 0.6 is 0 Å². The van der Waals surface area contributed by atoms with Gasteiger partial charge >= 0.3 is 6.61 Å². The summed E-state index contributed by atoms with van der Waals surface area (Å²) in [5, 5.41) is 11.7. The normalized spacial score (nSPS) is 22.7.